The van der Waals surface area contributed by atoms with Gasteiger partial charge in [0.05, 0.1) is 11.4 Å². The van der Waals surface area contributed by atoms with Gasteiger partial charge in [-0.25, -0.2) is 0 Å². The molecule has 0 amide bonds. The molecule has 1 saturated heterocycles. The van der Waals surface area contributed by atoms with Crippen LogP contribution in [0.1, 0.15) is 31.9 Å². The van der Waals surface area contributed by atoms with E-state index in [2.05, 4.69) is 22.2 Å². The molecule has 5 heteroatoms. The van der Waals surface area contributed by atoms with Crippen molar-refractivity contribution in [3.05, 3.63) is 5.69 Å². The van der Waals surface area contributed by atoms with Crippen LogP contribution in [0, 0.1) is 6.92 Å². The van der Waals surface area contributed by atoms with Gasteiger partial charge in [-0.15, -0.1) is 0 Å². The van der Waals surface area contributed by atoms with Crippen LogP contribution in [0.3, 0.4) is 0 Å². The van der Waals surface area contributed by atoms with E-state index in [-0.39, 0.29) is 0 Å². The van der Waals surface area contributed by atoms with Crippen molar-refractivity contribution < 1.29 is 0 Å². The molecule has 0 unspecified atom stereocenters. The summed E-state index contributed by atoms with van der Waals surface area (Å²) in [6, 6.07) is 0.523. The topological polar surface area (TPSA) is 59.1 Å². The van der Waals surface area contributed by atoms with Crippen molar-refractivity contribution in [2.24, 2.45) is 7.05 Å². The summed E-state index contributed by atoms with van der Waals surface area (Å²) in [4.78, 5) is 2.54. The standard InChI is InChI=1S/C13H25N5/c1-4-7-18-8-5-11(6-9-18)15-13-12(14)10(2)16-17(13)3/h11,15H,4-9,14H2,1-3H3. The van der Waals surface area contributed by atoms with Gasteiger partial charge in [0, 0.05) is 26.2 Å². The zero-order chi connectivity index (χ0) is 13.1. The molecule has 0 radical (unpaired) electrons. The number of nitrogens with zero attached hydrogens (tertiary/aromatic N) is 3. The highest BCUT2D eigenvalue weighted by Gasteiger charge is 2.20. The Balaban J connectivity index is 1.91. The summed E-state index contributed by atoms with van der Waals surface area (Å²) >= 11 is 0. The Morgan fingerprint density at radius 2 is 2.06 bits per heavy atom. The van der Waals surface area contributed by atoms with Crippen LogP contribution in [0.4, 0.5) is 11.5 Å². The zero-order valence-corrected chi connectivity index (χ0v) is 11.7. The van der Waals surface area contributed by atoms with Crippen LogP contribution < -0.4 is 11.1 Å². The predicted molar refractivity (Wildman–Crippen MR) is 75.7 cm³/mol. The molecule has 0 aromatic carbocycles. The van der Waals surface area contributed by atoms with Crippen molar-refractivity contribution in [1.82, 2.24) is 14.7 Å². The number of aryl methyl sites for hydroxylation is 2. The molecule has 2 heterocycles. The number of hydrogen-bond acceptors (Lipinski definition) is 4. The molecule has 5 nitrogen and oxygen atoms in total. The highest BCUT2D eigenvalue weighted by Crippen LogP contribution is 2.24. The minimum atomic E-state index is 0.523. The first kappa shape index (κ1) is 13.2. The summed E-state index contributed by atoms with van der Waals surface area (Å²) in [5, 5.41) is 7.89. The number of hydrogen-bond donors (Lipinski definition) is 2. The van der Waals surface area contributed by atoms with Gasteiger partial charge in [-0.3, -0.25) is 4.68 Å². The lowest BCUT2D eigenvalue weighted by atomic mass is 10.0. The van der Waals surface area contributed by atoms with Crippen LogP contribution in [0.25, 0.3) is 0 Å². The molecule has 0 bridgehead atoms. The van der Waals surface area contributed by atoms with Crippen LogP contribution in [-0.4, -0.2) is 40.4 Å². The first-order valence-corrected chi connectivity index (χ1v) is 6.89. The third-order valence-corrected chi connectivity index (χ3v) is 3.74. The summed E-state index contributed by atoms with van der Waals surface area (Å²) < 4.78 is 1.85. The number of aromatic nitrogens is 2. The molecule has 0 aliphatic carbocycles. The minimum absolute atomic E-state index is 0.523. The van der Waals surface area contributed by atoms with E-state index in [1.165, 1.54) is 38.9 Å². The average Bonchev–Trinajstić information content (AvgIpc) is 2.59. The third kappa shape index (κ3) is 2.77. The Kier molecular flexibility index (Phi) is 4.11. The molecule has 1 aromatic rings. The number of likely N-dealkylation sites (tertiary alicyclic amines) is 1. The Morgan fingerprint density at radius 3 is 2.56 bits per heavy atom. The van der Waals surface area contributed by atoms with Crippen LogP contribution in [0.2, 0.25) is 0 Å². The second-order valence-corrected chi connectivity index (χ2v) is 5.23. The Morgan fingerprint density at radius 1 is 1.39 bits per heavy atom. The zero-order valence-electron chi connectivity index (χ0n) is 11.7. The lowest BCUT2D eigenvalue weighted by Gasteiger charge is -2.32. The second-order valence-electron chi connectivity index (χ2n) is 5.23. The third-order valence-electron chi connectivity index (χ3n) is 3.74. The van der Waals surface area contributed by atoms with Crippen molar-refractivity contribution in [1.29, 1.82) is 0 Å². The summed E-state index contributed by atoms with van der Waals surface area (Å²) in [5.74, 6) is 0.974. The van der Waals surface area contributed by atoms with Gasteiger partial charge < -0.3 is 16.0 Å². The summed E-state index contributed by atoms with van der Waals surface area (Å²) in [5.41, 5.74) is 7.73. The lowest BCUT2D eigenvalue weighted by Crippen LogP contribution is -2.39. The van der Waals surface area contributed by atoms with Crippen molar-refractivity contribution in [2.75, 3.05) is 30.7 Å². The normalized spacial score (nSPS) is 18.2. The molecule has 102 valence electrons. The van der Waals surface area contributed by atoms with E-state index in [1.807, 2.05) is 18.7 Å². The van der Waals surface area contributed by atoms with E-state index >= 15 is 0 Å². The van der Waals surface area contributed by atoms with Gasteiger partial charge in [-0.1, -0.05) is 6.92 Å². The van der Waals surface area contributed by atoms with Gasteiger partial charge in [0.15, 0.2) is 0 Å². The Labute approximate surface area is 109 Å². The first-order chi connectivity index (χ1) is 8.61. The van der Waals surface area contributed by atoms with E-state index in [4.69, 9.17) is 5.73 Å². The average molecular weight is 251 g/mol. The highest BCUT2D eigenvalue weighted by molar-refractivity contribution is 5.64. The number of rotatable bonds is 4. The molecular weight excluding hydrogens is 226 g/mol. The monoisotopic (exact) mass is 251 g/mol. The number of nitrogen functional groups attached to an aromatic ring is 1. The lowest BCUT2D eigenvalue weighted by molar-refractivity contribution is 0.219. The Hall–Kier alpha value is -1.23. The molecule has 1 aromatic heterocycles. The molecule has 0 spiro atoms. The van der Waals surface area contributed by atoms with Crippen LogP contribution in [0.15, 0.2) is 0 Å². The predicted octanol–water partition coefficient (Wildman–Crippen LogP) is 1.60. The summed E-state index contributed by atoms with van der Waals surface area (Å²) in [7, 11) is 1.94. The fraction of sp³-hybridized carbons (Fsp3) is 0.769. The van der Waals surface area contributed by atoms with Crippen LogP contribution >= 0.6 is 0 Å². The number of nitrogens with two attached hydrogens (primary N) is 1. The Bertz CT molecular complexity index is 390. The van der Waals surface area contributed by atoms with Gasteiger partial charge in [0.2, 0.25) is 0 Å². The quantitative estimate of drug-likeness (QED) is 0.853. The fourth-order valence-electron chi connectivity index (χ4n) is 2.66. The van der Waals surface area contributed by atoms with E-state index in [1.54, 1.807) is 0 Å². The fourth-order valence-corrected chi connectivity index (χ4v) is 2.66. The smallest absolute Gasteiger partial charge is 0.147 e. The maximum Gasteiger partial charge on any atom is 0.147 e. The van der Waals surface area contributed by atoms with Gasteiger partial charge in [0.25, 0.3) is 0 Å². The molecule has 2 rings (SSSR count). The van der Waals surface area contributed by atoms with Crippen molar-refractivity contribution >= 4 is 11.5 Å². The number of anilines is 2. The summed E-state index contributed by atoms with van der Waals surface area (Å²) in [6.07, 6.45) is 3.61. The molecule has 1 fully saturated rings. The van der Waals surface area contributed by atoms with E-state index in [0.29, 0.717) is 6.04 Å². The molecule has 0 saturated carbocycles. The van der Waals surface area contributed by atoms with Crippen LogP contribution in [0.5, 0.6) is 0 Å². The van der Waals surface area contributed by atoms with Gasteiger partial charge in [-0.2, -0.15) is 5.10 Å². The van der Waals surface area contributed by atoms with E-state index < -0.39 is 0 Å². The molecule has 1 aliphatic heterocycles. The largest absolute Gasteiger partial charge is 0.394 e. The van der Waals surface area contributed by atoms with Gasteiger partial charge in [-0.05, 0) is 32.7 Å². The van der Waals surface area contributed by atoms with Crippen LogP contribution in [-0.2, 0) is 7.05 Å². The van der Waals surface area contributed by atoms with Gasteiger partial charge >= 0.3 is 0 Å². The van der Waals surface area contributed by atoms with Crippen molar-refractivity contribution in [3.8, 4) is 0 Å². The first-order valence-electron chi connectivity index (χ1n) is 6.89. The maximum absolute atomic E-state index is 6.04. The van der Waals surface area contributed by atoms with E-state index in [9.17, 15) is 0 Å². The van der Waals surface area contributed by atoms with Crippen molar-refractivity contribution in [2.45, 2.75) is 39.2 Å². The molecule has 18 heavy (non-hydrogen) atoms. The van der Waals surface area contributed by atoms with E-state index in [0.717, 1.165) is 17.2 Å². The number of piperidine rings is 1. The number of nitrogens with one attached hydrogen (secondary N) is 1. The minimum Gasteiger partial charge on any atom is -0.394 e. The molecule has 1 aliphatic rings. The summed E-state index contributed by atoms with van der Waals surface area (Å²) in [6.45, 7) is 7.78. The molecule has 0 atom stereocenters. The second kappa shape index (κ2) is 5.61. The molecular formula is C13H25N5. The maximum atomic E-state index is 6.04. The molecule has 3 N–H and O–H groups in total. The van der Waals surface area contributed by atoms with Crippen molar-refractivity contribution in [3.63, 3.8) is 0 Å². The highest BCUT2D eigenvalue weighted by atomic mass is 15.3. The van der Waals surface area contributed by atoms with Gasteiger partial charge in [0.1, 0.15) is 5.82 Å². The SMILES string of the molecule is CCCN1CCC(Nc2c(N)c(C)nn2C)CC1.